The number of aromatic amines is 1. The van der Waals surface area contributed by atoms with Crippen LogP contribution in [0.2, 0.25) is 0 Å². The summed E-state index contributed by atoms with van der Waals surface area (Å²) in [4.78, 5) is 65.2. The third-order valence-electron chi connectivity index (χ3n) is 10.8. The van der Waals surface area contributed by atoms with Gasteiger partial charge in [-0.15, -0.1) is 0 Å². The molecule has 60 heavy (non-hydrogen) atoms. The summed E-state index contributed by atoms with van der Waals surface area (Å²) in [5, 5.41) is 15.7. The van der Waals surface area contributed by atoms with Crippen LogP contribution in [-0.2, 0) is 19.1 Å². The molecule has 4 amide bonds. The van der Waals surface area contributed by atoms with Crippen LogP contribution < -0.4 is 21.0 Å². The SMILES string of the molecule is COC(=O)N[C@@H](C(=O)N1CCCN1C1=NC(c2ccc(-c3ccc(-c4c[nH]c(N5CCCN5C(=O)[C@H](NC(=O)OC)c5ccccc5)n4)cc3)cc2)CN1)c1ccccc1. The van der Waals surface area contributed by atoms with Crippen LogP contribution in [0.1, 0.15) is 47.7 Å². The summed E-state index contributed by atoms with van der Waals surface area (Å²) in [5.41, 5.74) is 6.08. The fourth-order valence-corrected chi connectivity index (χ4v) is 7.74. The van der Waals surface area contributed by atoms with Gasteiger partial charge in [-0.3, -0.25) is 19.6 Å². The number of hydrogen-bond acceptors (Lipinski definition) is 11. The van der Waals surface area contributed by atoms with E-state index in [0.29, 0.717) is 55.8 Å². The third-order valence-corrected chi connectivity index (χ3v) is 10.8. The summed E-state index contributed by atoms with van der Waals surface area (Å²) < 4.78 is 9.63. The van der Waals surface area contributed by atoms with Crippen LogP contribution in [0.4, 0.5) is 15.5 Å². The topological polar surface area (TPSA) is 177 Å². The lowest BCUT2D eigenvalue weighted by Crippen LogP contribution is -2.52. The number of nitrogens with zero attached hydrogens (tertiary/aromatic N) is 6. The highest BCUT2D eigenvalue weighted by Gasteiger charge is 2.38. The van der Waals surface area contributed by atoms with Crippen molar-refractivity contribution in [2.24, 2.45) is 4.99 Å². The number of carbonyl (C=O) groups excluding carboxylic acids is 4. The van der Waals surface area contributed by atoms with Crippen LogP contribution in [0.25, 0.3) is 22.4 Å². The highest BCUT2D eigenvalue weighted by Crippen LogP contribution is 2.31. The first kappa shape index (κ1) is 39.5. The maximum absolute atomic E-state index is 13.9. The van der Waals surface area contributed by atoms with Gasteiger partial charge >= 0.3 is 12.2 Å². The monoisotopic (exact) mass is 810 g/mol. The molecule has 0 radical (unpaired) electrons. The predicted molar refractivity (Wildman–Crippen MR) is 224 cm³/mol. The van der Waals surface area contributed by atoms with Crippen LogP contribution in [0.3, 0.4) is 0 Å². The van der Waals surface area contributed by atoms with Crippen molar-refractivity contribution >= 4 is 35.9 Å². The third kappa shape index (κ3) is 8.30. The number of hydrazine groups is 2. The Balaban J connectivity index is 0.917. The molecule has 4 aromatic carbocycles. The fraction of sp³-hybridized carbons (Fsp3) is 0.273. The maximum atomic E-state index is 13.9. The van der Waals surface area contributed by atoms with Gasteiger partial charge in [0.2, 0.25) is 11.9 Å². The molecule has 0 spiro atoms. The Bertz CT molecular complexity index is 2340. The van der Waals surface area contributed by atoms with Crippen molar-refractivity contribution < 1.29 is 28.7 Å². The van der Waals surface area contributed by atoms with Gasteiger partial charge in [0, 0.05) is 44.5 Å². The minimum absolute atomic E-state index is 0.142. The molecule has 308 valence electrons. The Hall–Kier alpha value is -7.36. The van der Waals surface area contributed by atoms with Crippen molar-refractivity contribution in [3.8, 4) is 22.4 Å². The molecule has 3 aliphatic heterocycles. The van der Waals surface area contributed by atoms with E-state index in [1.54, 1.807) is 34.3 Å². The number of rotatable bonds is 10. The van der Waals surface area contributed by atoms with Crippen molar-refractivity contribution in [1.82, 2.24) is 40.9 Å². The van der Waals surface area contributed by atoms with E-state index in [4.69, 9.17) is 19.5 Å². The van der Waals surface area contributed by atoms with E-state index in [1.807, 2.05) is 64.7 Å². The lowest BCUT2D eigenvalue weighted by molar-refractivity contribution is -0.141. The van der Waals surface area contributed by atoms with E-state index < -0.39 is 24.3 Å². The molecule has 8 rings (SSSR count). The second-order valence-electron chi connectivity index (χ2n) is 14.5. The molecule has 3 atom stereocenters. The number of aromatic nitrogens is 2. The number of nitrogens with one attached hydrogen (secondary N) is 4. The largest absolute Gasteiger partial charge is 0.453 e. The fourth-order valence-electron chi connectivity index (χ4n) is 7.74. The van der Waals surface area contributed by atoms with Gasteiger partial charge in [-0.25, -0.2) is 29.6 Å². The summed E-state index contributed by atoms with van der Waals surface area (Å²) in [7, 11) is 2.54. The smallest absolute Gasteiger partial charge is 0.407 e. The standard InChI is InChI=1S/C44H46N10O6/c1-59-43(57)49-37(33-11-5-3-6-12-33)39(55)51-23-9-25-53(51)41-45-27-35(47-41)31-19-15-29(16-20-31)30-17-21-32(22-18-30)36-28-46-42(48-36)54-26-10-24-52(54)40(56)38(50-44(58)60-2)34-13-7-4-8-14-34/h3-8,11-22,27,36-38H,9-10,23-26,28H2,1-2H3,(H,45,47)(H,46,48)(H,49,57)(H,50,58)/t36?,37-,38-/m1/s1. The van der Waals surface area contributed by atoms with E-state index in [1.165, 1.54) is 14.2 Å². The van der Waals surface area contributed by atoms with Crippen molar-refractivity contribution in [3.05, 3.63) is 132 Å². The zero-order valence-corrected chi connectivity index (χ0v) is 33.3. The molecule has 1 unspecified atom stereocenters. The molecule has 3 aliphatic rings. The van der Waals surface area contributed by atoms with E-state index in [-0.39, 0.29) is 17.9 Å². The van der Waals surface area contributed by atoms with Crippen molar-refractivity contribution in [1.29, 1.82) is 0 Å². The lowest BCUT2D eigenvalue weighted by atomic mass is 10.00. The molecular formula is C44H46N10O6. The van der Waals surface area contributed by atoms with Crippen molar-refractivity contribution in [3.63, 3.8) is 0 Å². The molecule has 1 aromatic heterocycles. The molecule has 5 aromatic rings. The second kappa shape index (κ2) is 17.6. The molecule has 0 aliphatic carbocycles. The van der Waals surface area contributed by atoms with Gasteiger partial charge < -0.3 is 30.4 Å². The quantitative estimate of drug-likeness (QED) is 0.144. The zero-order valence-electron chi connectivity index (χ0n) is 33.3. The van der Waals surface area contributed by atoms with Crippen LogP contribution in [0.15, 0.2) is 120 Å². The lowest BCUT2D eigenvalue weighted by Gasteiger charge is -2.32. The van der Waals surface area contributed by atoms with E-state index >= 15 is 0 Å². The Kier molecular flexibility index (Phi) is 11.6. The Morgan fingerprint density at radius 2 is 1.15 bits per heavy atom. The van der Waals surface area contributed by atoms with Crippen LogP contribution >= 0.6 is 0 Å². The van der Waals surface area contributed by atoms with Crippen molar-refractivity contribution in [2.75, 3.05) is 52.0 Å². The van der Waals surface area contributed by atoms with E-state index in [0.717, 1.165) is 40.8 Å². The maximum Gasteiger partial charge on any atom is 0.407 e. The van der Waals surface area contributed by atoms with Gasteiger partial charge in [0.25, 0.3) is 11.8 Å². The number of methoxy groups -OCH3 is 2. The molecule has 4 heterocycles. The van der Waals surface area contributed by atoms with Gasteiger partial charge in [0.05, 0.1) is 26.0 Å². The van der Waals surface area contributed by atoms with Gasteiger partial charge in [-0.05, 0) is 40.7 Å². The summed E-state index contributed by atoms with van der Waals surface area (Å²) in [6.45, 7) is 2.75. The Labute approximate surface area is 347 Å². The number of alkyl carbamates (subject to hydrolysis) is 2. The minimum atomic E-state index is -0.925. The van der Waals surface area contributed by atoms with E-state index in [2.05, 4.69) is 57.3 Å². The molecular weight excluding hydrogens is 765 g/mol. The number of ether oxygens (including phenoxy) is 2. The number of H-pyrrole nitrogens is 1. The molecule has 2 saturated heterocycles. The van der Waals surface area contributed by atoms with Gasteiger partial charge in [0.1, 0.15) is 12.1 Å². The zero-order chi connectivity index (χ0) is 41.6. The number of aliphatic imine (C=N–C) groups is 1. The van der Waals surface area contributed by atoms with Crippen molar-refractivity contribution in [2.45, 2.75) is 31.0 Å². The average Bonchev–Trinajstić information content (AvgIpc) is 4.15. The number of anilines is 1. The van der Waals surface area contributed by atoms with Crippen LogP contribution in [0, 0.1) is 0 Å². The molecule has 4 N–H and O–H groups in total. The van der Waals surface area contributed by atoms with Gasteiger partial charge in [-0.2, -0.15) is 0 Å². The normalized spacial score (nSPS) is 17.1. The first-order chi connectivity index (χ1) is 29.3. The minimum Gasteiger partial charge on any atom is -0.453 e. The first-order valence-corrected chi connectivity index (χ1v) is 19.9. The van der Waals surface area contributed by atoms with E-state index in [9.17, 15) is 19.2 Å². The summed E-state index contributed by atoms with van der Waals surface area (Å²) in [6.07, 6.45) is 1.95. The average molecular weight is 811 g/mol. The van der Waals surface area contributed by atoms with Gasteiger partial charge in [0.15, 0.2) is 0 Å². The predicted octanol–water partition coefficient (Wildman–Crippen LogP) is 5.34. The summed E-state index contributed by atoms with van der Waals surface area (Å²) in [6, 6.07) is 32.7. The second-order valence-corrected chi connectivity index (χ2v) is 14.5. The summed E-state index contributed by atoms with van der Waals surface area (Å²) in [5.74, 6) is 0.591. The number of hydrogen-bond donors (Lipinski definition) is 4. The molecule has 16 nitrogen and oxygen atoms in total. The molecule has 16 heteroatoms. The van der Waals surface area contributed by atoms with Crippen LogP contribution in [0.5, 0.6) is 0 Å². The first-order valence-electron chi connectivity index (χ1n) is 19.9. The highest BCUT2D eigenvalue weighted by molar-refractivity contribution is 5.91. The van der Waals surface area contributed by atoms with Gasteiger partial charge in [-0.1, -0.05) is 109 Å². The molecule has 2 fully saturated rings. The number of imidazole rings is 1. The molecule has 0 saturated carbocycles. The Morgan fingerprint density at radius 1 is 0.650 bits per heavy atom. The number of amides is 4. The number of carbonyl (C=O) groups is 4. The number of benzene rings is 4. The highest BCUT2D eigenvalue weighted by atomic mass is 16.5. The Morgan fingerprint density at radius 3 is 1.70 bits per heavy atom. The van der Waals surface area contributed by atoms with Crippen LogP contribution in [-0.4, -0.2) is 102 Å². The summed E-state index contributed by atoms with van der Waals surface area (Å²) >= 11 is 0. The molecule has 0 bridgehead atoms. The number of guanidine groups is 1.